The summed E-state index contributed by atoms with van der Waals surface area (Å²) in [7, 11) is 0. The number of likely N-dealkylation sites (tertiary alicyclic amines) is 1. The molecule has 3 N–H and O–H groups in total. The highest BCUT2D eigenvalue weighted by Gasteiger charge is 2.47. The van der Waals surface area contributed by atoms with Crippen LogP contribution in [0.1, 0.15) is 23.8 Å². The zero-order valence-corrected chi connectivity index (χ0v) is 14.1. The average molecular weight is 344 g/mol. The summed E-state index contributed by atoms with van der Waals surface area (Å²) in [4.78, 5) is 29.3. The van der Waals surface area contributed by atoms with Crippen molar-refractivity contribution in [2.24, 2.45) is 5.92 Å². The predicted octanol–water partition coefficient (Wildman–Crippen LogP) is 1.25. The second-order valence-electron chi connectivity index (χ2n) is 7.08. The maximum absolute atomic E-state index is 13.3. The molecule has 2 fully saturated rings. The molecule has 6 nitrogen and oxygen atoms in total. The Balaban J connectivity index is 1.54. The minimum Gasteiger partial charge on any atom is -0.350 e. The number of carbonyl (C=O) groups excluding carboxylic acids is 2. The molecule has 7 heteroatoms. The second kappa shape index (κ2) is 5.84. The third-order valence-corrected chi connectivity index (χ3v) is 5.41. The van der Waals surface area contributed by atoms with Crippen LogP contribution in [0.5, 0.6) is 0 Å². The third kappa shape index (κ3) is 2.78. The first-order valence-corrected chi connectivity index (χ1v) is 8.54. The Labute approximate surface area is 144 Å². The number of fused-ring (bicyclic) bond motifs is 2. The van der Waals surface area contributed by atoms with Crippen molar-refractivity contribution in [3.05, 3.63) is 35.8 Å². The standard InChI is InChI=1S/C18H21FN4O2/c1-11(24)22-18-4-5-23(9-13(18)8-20-10-18)17(25)16-6-12-2-3-14(19)7-15(12)21-16/h2-3,6-7,13,20-21H,4-5,8-10H2,1H3,(H,22,24)/t13-,18+/m0/s1. The Morgan fingerprint density at radius 1 is 1.36 bits per heavy atom. The highest BCUT2D eigenvalue weighted by molar-refractivity contribution is 5.98. The van der Waals surface area contributed by atoms with Crippen molar-refractivity contribution in [1.29, 1.82) is 0 Å². The number of aromatic nitrogens is 1. The molecule has 0 radical (unpaired) electrons. The van der Waals surface area contributed by atoms with Gasteiger partial charge in [0, 0.05) is 49.9 Å². The lowest BCUT2D eigenvalue weighted by molar-refractivity contribution is -0.121. The summed E-state index contributed by atoms with van der Waals surface area (Å²) in [6.45, 7) is 4.23. The normalized spacial score (nSPS) is 25.8. The number of piperidine rings is 1. The topological polar surface area (TPSA) is 77.2 Å². The van der Waals surface area contributed by atoms with Crippen LogP contribution in [0.4, 0.5) is 4.39 Å². The van der Waals surface area contributed by atoms with Crippen LogP contribution in [0.15, 0.2) is 24.3 Å². The first-order chi connectivity index (χ1) is 12.0. The average Bonchev–Trinajstić information content (AvgIpc) is 3.16. The van der Waals surface area contributed by atoms with Crippen LogP contribution in [0, 0.1) is 11.7 Å². The second-order valence-corrected chi connectivity index (χ2v) is 7.08. The molecule has 2 atom stereocenters. The lowest BCUT2D eigenvalue weighted by Gasteiger charge is -2.43. The van der Waals surface area contributed by atoms with E-state index in [0.29, 0.717) is 24.3 Å². The van der Waals surface area contributed by atoms with Crippen molar-refractivity contribution in [1.82, 2.24) is 20.5 Å². The van der Waals surface area contributed by atoms with Gasteiger partial charge in [-0.15, -0.1) is 0 Å². The molecule has 2 aliphatic heterocycles. The fraction of sp³-hybridized carbons (Fsp3) is 0.444. The number of carbonyl (C=O) groups is 2. The van der Waals surface area contributed by atoms with E-state index < -0.39 is 0 Å². The van der Waals surface area contributed by atoms with E-state index in [-0.39, 0.29) is 29.1 Å². The van der Waals surface area contributed by atoms with Crippen molar-refractivity contribution in [3.8, 4) is 0 Å². The molecule has 4 rings (SSSR count). The van der Waals surface area contributed by atoms with Gasteiger partial charge in [-0.3, -0.25) is 9.59 Å². The number of nitrogens with one attached hydrogen (secondary N) is 3. The molecule has 2 aromatic rings. The van der Waals surface area contributed by atoms with Gasteiger partial charge in [0.2, 0.25) is 5.91 Å². The summed E-state index contributed by atoms with van der Waals surface area (Å²) in [5.74, 6) is -0.259. The molecule has 0 unspecified atom stereocenters. The van der Waals surface area contributed by atoms with E-state index >= 15 is 0 Å². The van der Waals surface area contributed by atoms with Gasteiger partial charge in [0.1, 0.15) is 11.5 Å². The van der Waals surface area contributed by atoms with Crippen LogP contribution >= 0.6 is 0 Å². The van der Waals surface area contributed by atoms with E-state index in [1.165, 1.54) is 19.1 Å². The molecule has 2 amide bonds. The highest BCUT2D eigenvalue weighted by Crippen LogP contribution is 2.32. The molecule has 2 saturated heterocycles. The molecular formula is C18H21FN4O2. The fourth-order valence-corrected chi connectivity index (χ4v) is 4.16. The quantitative estimate of drug-likeness (QED) is 0.767. The number of H-pyrrole nitrogens is 1. The van der Waals surface area contributed by atoms with Gasteiger partial charge in [-0.25, -0.2) is 4.39 Å². The number of rotatable bonds is 2. The van der Waals surface area contributed by atoms with Gasteiger partial charge in [-0.05, 0) is 30.7 Å². The van der Waals surface area contributed by atoms with E-state index in [1.54, 1.807) is 12.1 Å². The molecule has 0 bridgehead atoms. The first kappa shape index (κ1) is 16.1. The van der Waals surface area contributed by atoms with E-state index in [4.69, 9.17) is 0 Å². The van der Waals surface area contributed by atoms with Gasteiger partial charge < -0.3 is 20.5 Å². The molecular weight excluding hydrogens is 323 g/mol. The maximum atomic E-state index is 13.3. The minimum absolute atomic E-state index is 0.0360. The third-order valence-electron chi connectivity index (χ3n) is 5.41. The van der Waals surface area contributed by atoms with E-state index in [2.05, 4.69) is 15.6 Å². The van der Waals surface area contributed by atoms with E-state index in [0.717, 1.165) is 24.9 Å². The van der Waals surface area contributed by atoms with Gasteiger partial charge in [0.15, 0.2) is 0 Å². The Morgan fingerprint density at radius 3 is 3.00 bits per heavy atom. The summed E-state index contributed by atoms with van der Waals surface area (Å²) in [5.41, 5.74) is 0.834. The molecule has 3 heterocycles. The van der Waals surface area contributed by atoms with E-state index in [9.17, 15) is 14.0 Å². The van der Waals surface area contributed by atoms with Crippen LogP contribution in [0.3, 0.4) is 0 Å². The molecule has 0 saturated carbocycles. The monoisotopic (exact) mass is 344 g/mol. The van der Waals surface area contributed by atoms with Crippen molar-refractivity contribution in [3.63, 3.8) is 0 Å². The molecule has 0 spiro atoms. The zero-order valence-electron chi connectivity index (χ0n) is 14.1. The maximum Gasteiger partial charge on any atom is 0.270 e. The molecule has 1 aromatic heterocycles. The summed E-state index contributed by atoms with van der Waals surface area (Å²) >= 11 is 0. The summed E-state index contributed by atoms with van der Waals surface area (Å²) in [5, 5.41) is 7.25. The number of hydrogen-bond donors (Lipinski definition) is 3. The van der Waals surface area contributed by atoms with Crippen LogP contribution < -0.4 is 10.6 Å². The smallest absolute Gasteiger partial charge is 0.270 e. The Kier molecular flexibility index (Phi) is 3.76. The summed E-state index contributed by atoms with van der Waals surface area (Å²) in [6.07, 6.45) is 0.727. The predicted molar refractivity (Wildman–Crippen MR) is 91.7 cm³/mol. The number of benzene rings is 1. The molecule has 0 aliphatic carbocycles. The number of halogens is 1. The number of aromatic amines is 1. The zero-order chi connectivity index (χ0) is 17.6. The summed E-state index contributed by atoms with van der Waals surface area (Å²) < 4.78 is 13.3. The van der Waals surface area contributed by atoms with Gasteiger partial charge >= 0.3 is 0 Å². The molecule has 1 aromatic carbocycles. The molecule has 25 heavy (non-hydrogen) atoms. The largest absolute Gasteiger partial charge is 0.350 e. The van der Waals surface area contributed by atoms with Crippen molar-refractivity contribution >= 4 is 22.7 Å². The Hall–Kier alpha value is -2.41. The first-order valence-electron chi connectivity index (χ1n) is 8.54. The van der Waals surface area contributed by atoms with Crippen LogP contribution in [-0.2, 0) is 4.79 Å². The Morgan fingerprint density at radius 2 is 2.20 bits per heavy atom. The molecule has 2 aliphatic rings. The lowest BCUT2D eigenvalue weighted by atomic mass is 9.80. The van der Waals surface area contributed by atoms with Crippen LogP contribution in [0.2, 0.25) is 0 Å². The van der Waals surface area contributed by atoms with Gasteiger partial charge in [-0.1, -0.05) is 0 Å². The van der Waals surface area contributed by atoms with Gasteiger partial charge in [0.25, 0.3) is 5.91 Å². The van der Waals surface area contributed by atoms with Crippen molar-refractivity contribution in [2.75, 3.05) is 26.2 Å². The van der Waals surface area contributed by atoms with E-state index in [1.807, 2.05) is 4.90 Å². The van der Waals surface area contributed by atoms with Crippen molar-refractivity contribution < 1.29 is 14.0 Å². The van der Waals surface area contributed by atoms with Crippen LogP contribution in [-0.4, -0.2) is 53.4 Å². The van der Waals surface area contributed by atoms with Gasteiger partial charge in [0.05, 0.1) is 5.54 Å². The lowest BCUT2D eigenvalue weighted by Crippen LogP contribution is -2.61. The van der Waals surface area contributed by atoms with Crippen LogP contribution in [0.25, 0.3) is 10.9 Å². The minimum atomic E-state index is -0.330. The highest BCUT2D eigenvalue weighted by atomic mass is 19.1. The summed E-state index contributed by atoms with van der Waals surface area (Å²) in [6, 6.07) is 6.21. The number of amides is 2. The van der Waals surface area contributed by atoms with Gasteiger partial charge in [-0.2, -0.15) is 0 Å². The van der Waals surface area contributed by atoms with Crippen molar-refractivity contribution in [2.45, 2.75) is 18.9 Å². The SMILES string of the molecule is CC(=O)N[C@@]12CCN(C(=O)c3cc4ccc(F)cc4[nH]3)C[C@@H]1CNC2. The fourth-order valence-electron chi connectivity index (χ4n) is 4.16. The number of hydrogen-bond acceptors (Lipinski definition) is 3. The molecule has 132 valence electrons. The Bertz CT molecular complexity index is 849. The number of nitrogens with zero attached hydrogens (tertiary/aromatic N) is 1.